The Labute approximate surface area is 62.6 Å². The van der Waals surface area contributed by atoms with Crippen LogP contribution in [0.25, 0.3) is 0 Å². The standard InChI is InChI=1S/C10H14/c1-2-6-9(5-1)10-7-3-4-8-10/h1,3,5,7,9-10H,2,4,6,8H2/t9-,10-/m0/s1. The summed E-state index contributed by atoms with van der Waals surface area (Å²) >= 11 is 0. The lowest BCUT2D eigenvalue weighted by atomic mass is 9.92. The molecule has 2 aliphatic carbocycles. The van der Waals surface area contributed by atoms with Crippen LogP contribution in [0.2, 0.25) is 0 Å². The molecular weight excluding hydrogens is 120 g/mol. The van der Waals surface area contributed by atoms with E-state index in [1.807, 2.05) is 0 Å². The Morgan fingerprint density at radius 1 is 0.800 bits per heavy atom. The molecule has 0 bridgehead atoms. The van der Waals surface area contributed by atoms with Gasteiger partial charge in [0.25, 0.3) is 0 Å². The van der Waals surface area contributed by atoms with Crippen molar-refractivity contribution in [3.8, 4) is 0 Å². The minimum Gasteiger partial charge on any atom is -0.0882 e. The fraction of sp³-hybridized carbons (Fsp3) is 0.600. The van der Waals surface area contributed by atoms with Crippen molar-refractivity contribution >= 4 is 0 Å². The van der Waals surface area contributed by atoms with Gasteiger partial charge in [-0.25, -0.2) is 0 Å². The maximum atomic E-state index is 2.40. The summed E-state index contributed by atoms with van der Waals surface area (Å²) in [4.78, 5) is 0. The first-order valence-electron chi connectivity index (χ1n) is 4.30. The van der Waals surface area contributed by atoms with Crippen molar-refractivity contribution in [3.05, 3.63) is 24.3 Å². The summed E-state index contributed by atoms with van der Waals surface area (Å²) in [5.41, 5.74) is 0. The van der Waals surface area contributed by atoms with Crippen LogP contribution < -0.4 is 0 Å². The molecule has 0 nitrogen and oxygen atoms in total. The van der Waals surface area contributed by atoms with Gasteiger partial charge in [-0.05, 0) is 37.5 Å². The second-order valence-corrected chi connectivity index (χ2v) is 3.34. The summed E-state index contributed by atoms with van der Waals surface area (Å²) in [5.74, 6) is 1.78. The van der Waals surface area contributed by atoms with Gasteiger partial charge in [-0.2, -0.15) is 0 Å². The van der Waals surface area contributed by atoms with Crippen molar-refractivity contribution in [2.75, 3.05) is 0 Å². The minimum atomic E-state index is 0.888. The molecule has 0 saturated heterocycles. The van der Waals surface area contributed by atoms with Crippen molar-refractivity contribution < 1.29 is 0 Å². The van der Waals surface area contributed by atoms with Crippen LogP contribution >= 0.6 is 0 Å². The topological polar surface area (TPSA) is 0 Å². The SMILES string of the molecule is C1=C[C@H]([C@H]2C=CCC2)CC1. The Bertz CT molecular complexity index is 145. The molecule has 0 aliphatic heterocycles. The van der Waals surface area contributed by atoms with Gasteiger partial charge in [0.15, 0.2) is 0 Å². The van der Waals surface area contributed by atoms with Crippen LogP contribution in [-0.2, 0) is 0 Å². The van der Waals surface area contributed by atoms with E-state index in [2.05, 4.69) is 24.3 Å². The van der Waals surface area contributed by atoms with Gasteiger partial charge in [-0.1, -0.05) is 24.3 Å². The van der Waals surface area contributed by atoms with Crippen molar-refractivity contribution in [3.63, 3.8) is 0 Å². The van der Waals surface area contributed by atoms with Gasteiger partial charge in [0.05, 0.1) is 0 Å². The van der Waals surface area contributed by atoms with Crippen molar-refractivity contribution in [2.45, 2.75) is 25.7 Å². The normalized spacial score (nSPS) is 37.6. The van der Waals surface area contributed by atoms with Crippen molar-refractivity contribution in [1.82, 2.24) is 0 Å². The molecule has 0 heterocycles. The van der Waals surface area contributed by atoms with Crippen LogP contribution in [0.1, 0.15) is 25.7 Å². The molecule has 0 heteroatoms. The molecule has 2 aliphatic rings. The molecule has 2 atom stereocenters. The molecule has 0 aromatic rings. The molecule has 0 unspecified atom stereocenters. The zero-order valence-electron chi connectivity index (χ0n) is 6.29. The average molecular weight is 134 g/mol. The van der Waals surface area contributed by atoms with Crippen molar-refractivity contribution in [2.24, 2.45) is 11.8 Å². The first kappa shape index (κ1) is 6.21. The highest BCUT2D eigenvalue weighted by atomic mass is 14.2. The smallest absolute Gasteiger partial charge is 0.0167 e. The largest absolute Gasteiger partial charge is 0.0882 e. The summed E-state index contributed by atoms with van der Waals surface area (Å²) in [6.07, 6.45) is 14.9. The second kappa shape index (κ2) is 2.61. The van der Waals surface area contributed by atoms with E-state index in [1.165, 1.54) is 25.7 Å². The zero-order valence-corrected chi connectivity index (χ0v) is 6.29. The van der Waals surface area contributed by atoms with Crippen LogP contribution in [-0.4, -0.2) is 0 Å². The van der Waals surface area contributed by atoms with Gasteiger partial charge in [0.1, 0.15) is 0 Å². The molecule has 0 N–H and O–H groups in total. The average Bonchev–Trinajstić information content (AvgIpc) is 2.59. The van der Waals surface area contributed by atoms with E-state index >= 15 is 0 Å². The first-order valence-corrected chi connectivity index (χ1v) is 4.30. The maximum absolute atomic E-state index is 2.40. The summed E-state index contributed by atoms with van der Waals surface area (Å²) in [5, 5.41) is 0. The first-order chi connectivity index (χ1) is 4.97. The Hall–Kier alpha value is -0.520. The van der Waals surface area contributed by atoms with E-state index in [9.17, 15) is 0 Å². The molecule has 54 valence electrons. The van der Waals surface area contributed by atoms with Gasteiger partial charge in [-0.3, -0.25) is 0 Å². The highest BCUT2D eigenvalue weighted by molar-refractivity contribution is 5.07. The molecule has 0 aromatic heterocycles. The summed E-state index contributed by atoms with van der Waals surface area (Å²) in [6, 6.07) is 0. The van der Waals surface area contributed by atoms with Gasteiger partial charge >= 0.3 is 0 Å². The van der Waals surface area contributed by atoms with E-state index < -0.39 is 0 Å². The molecule has 0 spiro atoms. The summed E-state index contributed by atoms with van der Waals surface area (Å²) in [6.45, 7) is 0. The maximum Gasteiger partial charge on any atom is -0.0167 e. The highest BCUT2D eigenvalue weighted by Gasteiger charge is 2.20. The van der Waals surface area contributed by atoms with Crippen LogP contribution in [0.5, 0.6) is 0 Å². The fourth-order valence-electron chi connectivity index (χ4n) is 2.03. The summed E-state index contributed by atoms with van der Waals surface area (Å²) < 4.78 is 0. The van der Waals surface area contributed by atoms with Crippen LogP contribution in [0.15, 0.2) is 24.3 Å². The molecule has 10 heavy (non-hydrogen) atoms. The Balaban J connectivity index is 1.98. The second-order valence-electron chi connectivity index (χ2n) is 3.34. The molecule has 0 radical (unpaired) electrons. The Morgan fingerprint density at radius 2 is 1.30 bits per heavy atom. The van der Waals surface area contributed by atoms with E-state index in [4.69, 9.17) is 0 Å². The molecule has 0 saturated carbocycles. The quantitative estimate of drug-likeness (QED) is 0.484. The Kier molecular flexibility index (Phi) is 1.62. The van der Waals surface area contributed by atoms with E-state index in [0.29, 0.717) is 0 Å². The monoisotopic (exact) mass is 134 g/mol. The molecule has 0 fully saturated rings. The third-order valence-electron chi connectivity index (χ3n) is 2.65. The predicted molar refractivity (Wildman–Crippen MR) is 43.7 cm³/mol. The molecule has 0 amide bonds. The van der Waals surface area contributed by atoms with E-state index in [1.54, 1.807) is 0 Å². The Morgan fingerprint density at radius 3 is 1.60 bits per heavy atom. The van der Waals surface area contributed by atoms with Crippen LogP contribution in [0.3, 0.4) is 0 Å². The number of rotatable bonds is 1. The highest BCUT2D eigenvalue weighted by Crippen LogP contribution is 2.32. The van der Waals surface area contributed by atoms with Gasteiger partial charge in [0.2, 0.25) is 0 Å². The lowest BCUT2D eigenvalue weighted by Crippen LogP contribution is -2.04. The van der Waals surface area contributed by atoms with Crippen LogP contribution in [0, 0.1) is 11.8 Å². The third-order valence-corrected chi connectivity index (χ3v) is 2.65. The predicted octanol–water partition coefficient (Wildman–Crippen LogP) is 2.92. The molecule has 0 aromatic carbocycles. The number of allylic oxidation sites excluding steroid dienone is 4. The lowest BCUT2D eigenvalue weighted by Gasteiger charge is -2.13. The van der Waals surface area contributed by atoms with Gasteiger partial charge in [-0.15, -0.1) is 0 Å². The number of hydrogen-bond acceptors (Lipinski definition) is 0. The zero-order chi connectivity index (χ0) is 6.81. The molecular formula is C10H14. The van der Waals surface area contributed by atoms with Crippen LogP contribution in [0.4, 0.5) is 0 Å². The summed E-state index contributed by atoms with van der Waals surface area (Å²) in [7, 11) is 0. The minimum absolute atomic E-state index is 0.888. The van der Waals surface area contributed by atoms with Gasteiger partial charge in [0, 0.05) is 0 Å². The third kappa shape index (κ3) is 1.03. The fourth-order valence-corrected chi connectivity index (χ4v) is 2.03. The van der Waals surface area contributed by atoms with E-state index in [0.717, 1.165) is 11.8 Å². The van der Waals surface area contributed by atoms with Gasteiger partial charge < -0.3 is 0 Å². The number of hydrogen-bond donors (Lipinski definition) is 0. The van der Waals surface area contributed by atoms with Crippen molar-refractivity contribution in [1.29, 1.82) is 0 Å². The lowest BCUT2D eigenvalue weighted by molar-refractivity contribution is 0.460. The molecule has 2 rings (SSSR count). The van der Waals surface area contributed by atoms with E-state index in [-0.39, 0.29) is 0 Å².